The molecule has 1 aliphatic rings. The number of hydrogen-bond acceptors (Lipinski definition) is 1. The van der Waals surface area contributed by atoms with Crippen molar-refractivity contribution in [3.8, 4) is 0 Å². The molecule has 3 aromatic rings. The molecule has 2 heteroatoms. The number of anilines is 2. The summed E-state index contributed by atoms with van der Waals surface area (Å²) in [4.78, 5) is 5.72. The first-order chi connectivity index (χ1) is 8.93. The molecule has 18 heavy (non-hydrogen) atoms. The highest BCUT2D eigenvalue weighted by atomic mass is 15.2. The lowest BCUT2D eigenvalue weighted by Gasteiger charge is -2.18. The number of rotatable bonds is 1. The highest BCUT2D eigenvalue weighted by Gasteiger charge is 2.21. The lowest BCUT2D eigenvalue weighted by Crippen LogP contribution is -2.12. The van der Waals surface area contributed by atoms with Gasteiger partial charge in [0.15, 0.2) is 0 Å². The van der Waals surface area contributed by atoms with E-state index in [2.05, 4.69) is 58.5 Å². The fraction of sp³-hybridized carbons (Fsp3) is 0.125. The third-order valence-corrected chi connectivity index (χ3v) is 3.65. The van der Waals surface area contributed by atoms with Crippen molar-refractivity contribution in [3.05, 3.63) is 60.3 Å². The van der Waals surface area contributed by atoms with Crippen LogP contribution in [0.2, 0.25) is 0 Å². The van der Waals surface area contributed by atoms with Gasteiger partial charge in [0.25, 0.3) is 0 Å². The third kappa shape index (κ3) is 1.29. The monoisotopic (exact) mass is 233 g/mol. The van der Waals surface area contributed by atoms with Crippen LogP contribution in [0, 0.1) is 6.07 Å². The molecule has 0 bridgehead atoms. The van der Waals surface area contributed by atoms with Crippen molar-refractivity contribution in [2.24, 2.45) is 0 Å². The van der Waals surface area contributed by atoms with Gasteiger partial charge >= 0.3 is 0 Å². The van der Waals surface area contributed by atoms with Crippen LogP contribution in [0.3, 0.4) is 0 Å². The van der Waals surface area contributed by atoms with Gasteiger partial charge in [0.2, 0.25) is 0 Å². The number of nitrogens with one attached hydrogen (secondary N) is 1. The number of fused-ring (bicyclic) bond motifs is 2. The first-order valence-electron chi connectivity index (χ1n) is 6.27. The van der Waals surface area contributed by atoms with Gasteiger partial charge < -0.3 is 9.88 Å². The minimum atomic E-state index is 1.04. The zero-order chi connectivity index (χ0) is 11.9. The average Bonchev–Trinajstić information content (AvgIpc) is 3.01. The molecule has 0 saturated heterocycles. The number of benzene rings is 2. The normalized spacial score (nSPS) is 14.1. The van der Waals surface area contributed by atoms with Crippen LogP contribution in [0.15, 0.2) is 48.7 Å². The zero-order valence-corrected chi connectivity index (χ0v) is 9.98. The molecule has 1 aliphatic heterocycles. The molecule has 2 heterocycles. The fourth-order valence-electron chi connectivity index (χ4n) is 2.79. The molecule has 0 aliphatic carbocycles. The van der Waals surface area contributed by atoms with E-state index in [-0.39, 0.29) is 0 Å². The maximum absolute atomic E-state index is 3.34. The summed E-state index contributed by atoms with van der Waals surface area (Å²) in [5.41, 5.74) is 5.08. The predicted octanol–water partition coefficient (Wildman–Crippen LogP) is 3.66. The van der Waals surface area contributed by atoms with Crippen LogP contribution in [-0.4, -0.2) is 11.5 Å². The lowest BCUT2D eigenvalue weighted by molar-refractivity contribution is 1.00. The molecule has 87 valence electrons. The van der Waals surface area contributed by atoms with Gasteiger partial charge in [-0.25, -0.2) is 0 Å². The molecule has 0 unspecified atom stereocenters. The molecule has 0 spiro atoms. The average molecular weight is 233 g/mol. The van der Waals surface area contributed by atoms with E-state index in [0.29, 0.717) is 0 Å². The van der Waals surface area contributed by atoms with Crippen LogP contribution in [0.5, 0.6) is 0 Å². The number of para-hydroxylation sites is 1. The van der Waals surface area contributed by atoms with E-state index in [1.54, 1.807) is 0 Å². The van der Waals surface area contributed by atoms with Crippen LogP contribution < -0.4 is 4.90 Å². The summed E-state index contributed by atoms with van der Waals surface area (Å²) >= 11 is 0. The van der Waals surface area contributed by atoms with Gasteiger partial charge in [-0.3, -0.25) is 0 Å². The zero-order valence-electron chi connectivity index (χ0n) is 9.98. The number of aromatic nitrogens is 1. The molecule has 4 rings (SSSR count). The van der Waals surface area contributed by atoms with Crippen molar-refractivity contribution in [1.82, 2.24) is 4.98 Å². The molecule has 0 atom stereocenters. The Morgan fingerprint density at radius 1 is 1.06 bits per heavy atom. The van der Waals surface area contributed by atoms with E-state index in [9.17, 15) is 0 Å². The van der Waals surface area contributed by atoms with Gasteiger partial charge in [-0.2, -0.15) is 0 Å². The second-order valence-electron chi connectivity index (χ2n) is 4.66. The third-order valence-electron chi connectivity index (χ3n) is 3.65. The Hall–Kier alpha value is -2.22. The molecule has 1 aromatic heterocycles. The quantitative estimate of drug-likeness (QED) is 0.679. The van der Waals surface area contributed by atoms with E-state index < -0.39 is 0 Å². The minimum Gasteiger partial charge on any atom is -0.359 e. The Morgan fingerprint density at radius 3 is 3.00 bits per heavy atom. The highest BCUT2D eigenvalue weighted by molar-refractivity contribution is 5.95. The molecule has 0 fully saturated rings. The summed E-state index contributed by atoms with van der Waals surface area (Å²) in [5.74, 6) is 0. The first-order valence-corrected chi connectivity index (χ1v) is 6.27. The molecule has 0 amide bonds. The minimum absolute atomic E-state index is 1.04. The van der Waals surface area contributed by atoms with Crippen LogP contribution >= 0.6 is 0 Å². The van der Waals surface area contributed by atoms with E-state index in [0.717, 1.165) is 13.0 Å². The van der Waals surface area contributed by atoms with Crippen molar-refractivity contribution in [2.75, 3.05) is 11.4 Å². The van der Waals surface area contributed by atoms with Crippen LogP contribution in [0.25, 0.3) is 10.9 Å². The van der Waals surface area contributed by atoms with Crippen LogP contribution in [0.4, 0.5) is 11.4 Å². The maximum Gasteiger partial charge on any atom is 0.0668 e. The van der Waals surface area contributed by atoms with Crippen molar-refractivity contribution < 1.29 is 0 Å². The van der Waals surface area contributed by atoms with Gasteiger partial charge in [0.05, 0.1) is 5.69 Å². The lowest BCUT2D eigenvalue weighted by atomic mass is 10.2. The van der Waals surface area contributed by atoms with E-state index in [1.807, 2.05) is 6.07 Å². The van der Waals surface area contributed by atoms with E-state index in [4.69, 9.17) is 0 Å². The van der Waals surface area contributed by atoms with Crippen LogP contribution in [-0.2, 0) is 6.42 Å². The van der Waals surface area contributed by atoms with Crippen molar-refractivity contribution >= 4 is 22.3 Å². The second kappa shape index (κ2) is 3.64. The molecule has 2 nitrogen and oxygen atoms in total. The van der Waals surface area contributed by atoms with E-state index in [1.165, 1.54) is 27.8 Å². The van der Waals surface area contributed by atoms with Gasteiger partial charge in [-0.1, -0.05) is 30.3 Å². The SMILES string of the molecule is [c]1cccc2c1CCN2c1c[nH]c2ccccc12. The molecule has 0 saturated carbocycles. The smallest absolute Gasteiger partial charge is 0.0668 e. The Kier molecular flexibility index (Phi) is 1.97. The number of nitrogens with zero attached hydrogens (tertiary/aromatic N) is 1. The largest absolute Gasteiger partial charge is 0.359 e. The fourth-order valence-corrected chi connectivity index (χ4v) is 2.79. The Bertz CT molecular complexity index is 712. The molecule has 1 N–H and O–H groups in total. The predicted molar refractivity (Wildman–Crippen MR) is 74.3 cm³/mol. The van der Waals surface area contributed by atoms with Gasteiger partial charge in [-0.05, 0) is 30.2 Å². The summed E-state index contributed by atoms with van der Waals surface area (Å²) in [7, 11) is 0. The Morgan fingerprint density at radius 2 is 2.00 bits per heavy atom. The number of hydrogen-bond donors (Lipinski definition) is 1. The Balaban J connectivity index is 1.90. The summed E-state index contributed by atoms with van der Waals surface area (Å²) in [6, 6.07) is 18.0. The summed E-state index contributed by atoms with van der Waals surface area (Å²) < 4.78 is 0. The highest BCUT2D eigenvalue weighted by Crippen LogP contribution is 2.37. The summed E-state index contributed by atoms with van der Waals surface area (Å²) in [6.07, 6.45) is 3.18. The topological polar surface area (TPSA) is 19.0 Å². The van der Waals surface area contributed by atoms with Crippen molar-refractivity contribution in [3.63, 3.8) is 0 Å². The molecule has 1 radical (unpaired) electrons. The summed E-state index contributed by atoms with van der Waals surface area (Å²) in [6.45, 7) is 1.04. The Labute approximate surface area is 106 Å². The second-order valence-corrected chi connectivity index (χ2v) is 4.66. The summed E-state index contributed by atoms with van der Waals surface area (Å²) in [5, 5.41) is 1.29. The first kappa shape index (κ1) is 9.77. The van der Waals surface area contributed by atoms with Gasteiger partial charge in [-0.15, -0.1) is 0 Å². The number of H-pyrrole nitrogens is 1. The number of aromatic amines is 1. The molecular weight excluding hydrogens is 220 g/mol. The van der Waals surface area contributed by atoms with E-state index >= 15 is 0 Å². The standard InChI is InChI=1S/C16H13N2/c1-4-8-15-12(5-1)9-10-18(15)16-11-17-14-7-3-2-6-13(14)16/h1-4,6-8,11,17H,9-10H2. The maximum atomic E-state index is 3.34. The molecular formula is C16H13N2. The van der Waals surface area contributed by atoms with Crippen molar-refractivity contribution in [2.45, 2.75) is 6.42 Å². The van der Waals surface area contributed by atoms with Crippen LogP contribution in [0.1, 0.15) is 5.56 Å². The molecule has 2 aromatic carbocycles. The van der Waals surface area contributed by atoms with Gasteiger partial charge in [0.1, 0.15) is 0 Å². The van der Waals surface area contributed by atoms with Crippen molar-refractivity contribution in [1.29, 1.82) is 0 Å². The van der Waals surface area contributed by atoms with Gasteiger partial charge in [0, 0.05) is 29.3 Å².